The smallest absolute Gasteiger partial charge is 0.119 e. The maximum absolute atomic E-state index is 6.66. The molecule has 0 atom stereocenters. The van der Waals surface area contributed by atoms with Gasteiger partial charge in [0.1, 0.15) is 5.60 Å². The number of hydrogen-bond acceptors (Lipinski definition) is 2. The van der Waals surface area contributed by atoms with E-state index < -0.39 is 0 Å². The van der Waals surface area contributed by atoms with Crippen LogP contribution in [-0.2, 0) is 10.3 Å². The second-order valence-corrected chi connectivity index (χ2v) is 7.10. The lowest BCUT2D eigenvalue weighted by Crippen LogP contribution is -2.37. The maximum atomic E-state index is 6.66. The Morgan fingerprint density at radius 2 is 1.61 bits per heavy atom. The Bertz CT molecular complexity index is 659. The highest BCUT2D eigenvalue weighted by atomic mass is 16.5. The molecule has 0 radical (unpaired) electrons. The zero-order valence-electron chi connectivity index (χ0n) is 14.1. The molecule has 23 heavy (non-hydrogen) atoms. The zero-order valence-corrected chi connectivity index (χ0v) is 14.1. The summed E-state index contributed by atoms with van der Waals surface area (Å²) in [7, 11) is 4.21. The van der Waals surface area contributed by atoms with E-state index in [0.29, 0.717) is 5.92 Å². The molecular formula is C21H25NO. The number of hydrogen-bond donors (Lipinski definition) is 0. The molecule has 0 saturated carbocycles. The van der Waals surface area contributed by atoms with Gasteiger partial charge in [-0.25, -0.2) is 0 Å². The molecule has 0 amide bonds. The first kappa shape index (κ1) is 14.9. The van der Waals surface area contributed by atoms with Gasteiger partial charge in [-0.1, -0.05) is 48.5 Å². The second-order valence-electron chi connectivity index (χ2n) is 7.10. The summed E-state index contributed by atoms with van der Waals surface area (Å²) in [5.74, 6) is 0.537. The third kappa shape index (κ3) is 2.32. The standard InChI is InChI=1S/C21H25NO/c1-22(2)14-15-23-21-13-7-10-16(17-8-3-5-11-19(17)21)18-9-4-6-12-20(18)21/h3-6,8-9,11-12,16H,7,10,13-15H2,1-2H3. The molecule has 2 heteroatoms. The first-order valence-electron chi connectivity index (χ1n) is 8.70. The molecule has 2 nitrogen and oxygen atoms in total. The zero-order chi connectivity index (χ0) is 15.9. The molecule has 0 N–H and O–H groups in total. The predicted molar refractivity (Wildman–Crippen MR) is 93.9 cm³/mol. The van der Waals surface area contributed by atoms with Gasteiger partial charge >= 0.3 is 0 Å². The molecule has 3 aliphatic rings. The van der Waals surface area contributed by atoms with E-state index in [1.165, 1.54) is 35.1 Å². The van der Waals surface area contributed by atoms with Gasteiger partial charge in [0.15, 0.2) is 0 Å². The summed E-state index contributed by atoms with van der Waals surface area (Å²) >= 11 is 0. The van der Waals surface area contributed by atoms with Crippen LogP contribution in [0.25, 0.3) is 0 Å². The van der Waals surface area contributed by atoms with Gasteiger partial charge in [0.05, 0.1) is 6.61 Å². The monoisotopic (exact) mass is 307 g/mol. The van der Waals surface area contributed by atoms with E-state index in [9.17, 15) is 0 Å². The third-order valence-corrected chi connectivity index (χ3v) is 5.45. The van der Waals surface area contributed by atoms with Crippen molar-refractivity contribution in [1.29, 1.82) is 0 Å². The summed E-state index contributed by atoms with van der Waals surface area (Å²) in [6.45, 7) is 1.72. The van der Waals surface area contributed by atoms with Crippen molar-refractivity contribution < 1.29 is 4.74 Å². The summed E-state index contributed by atoms with van der Waals surface area (Å²) in [4.78, 5) is 2.19. The molecule has 5 rings (SSSR count). The van der Waals surface area contributed by atoms with Crippen molar-refractivity contribution in [3.05, 3.63) is 70.8 Å². The molecule has 0 fully saturated rings. The fourth-order valence-electron chi connectivity index (χ4n) is 4.42. The summed E-state index contributed by atoms with van der Waals surface area (Å²) in [6.07, 6.45) is 3.54. The lowest BCUT2D eigenvalue weighted by molar-refractivity contribution is -0.0307. The Balaban J connectivity index is 1.86. The van der Waals surface area contributed by atoms with Crippen LogP contribution in [0.4, 0.5) is 0 Å². The normalized spacial score (nSPS) is 25.1. The van der Waals surface area contributed by atoms with Crippen LogP contribution in [0.3, 0.4) is 0 Å². The second kappa shape index (κ2) is 5.77. The largest absolute Gasteiger partial charge is 0.364 e. The number of nitrogens with zero attached hydrogens (tertiary/aromatic N) is 1. The van der Waals surface area contributed by atoms with Crippen LogP contribution in [0.15, 0.2) is 48.5 Å². The summed E-state index contributed by atoms with van der Waals surface area (Å²) in [6, 6.07) is 17.9. The number of ether oxygens (including phenoxy) is 1. The highest BCUT2D eigenvalue weighted by Crippen LogP contribution is 2.54. The number of likely N-dealkylation sites (N-methyl/N-ethyl adjacent to an activating group) is 1. The van der Waals surface area contributed by atoms with Crippen molar-refractivity contribution >= 4 is 0 Å². The minimum absolute atomic E-state index is 0.254. The van der Waals surface area contributed by atoms with Gasteiger partial charge in [-0.15, -0.1) is 0 Å². The van der Waals surface area contributed by atoms with E-state index in [1.807, 2.05) is 0 Å². The van der Waals surface area contributed by atoms with Crippen LogP contribution >= 0.6 is 0 Å². The van der Waals surface area contributed by atoms with Gasteiger partial charge in [0.25, 0.3) is 0 Å². The molecule has 120 valence electrons. The fraction of sp³-hybridized carbons (Fsp3) is 0.429. The molecule has 0 unspecified atom stereocenters. The Labute approximate surface area is 139 Å². The predicted octanol–water partition coefficient (Wildman–Crippen LogP) is 4.14. The van der Waals surface area contributed by atoms with E-state index in [2.05, 4.69) is 67.5 Å². The maximum Gasteiger partial charge on any atom is 0.119 e. The Morgan fingerprint density at radius 3 is 2.22 bits per heavy atom. The van der Waals surface area contributed by atoms with E-state index >= 15 is 0 Å². The average Bonchev–Trinajstić information content (AvgIpc) is 2.83. The van der Waals surface area contributed by atoms with Crippen molar-refractivity contribution in [2.75, 3.05) is 27.2 Å². The van der Waals surface area contributed by atoms with Crippen LogP contribution in [-0.4, -0.2) is 32.1 Å². The van der Waals surface area contributed by atoms with Crippen molar-refractivity contribution in [3.8, 4) is 0 Å². The first-order chi connectivity index (χ1) is 11.2. The molecular weight excluding hydrogens is 282 g/mol. The Hall–Kier alpha value is -1.64. The quantitative estimate of drug-likeness (QED) is 0.842. The molecule has 2 bridgehead atoms. The van der Waals surface area contributed by atoms with E-state index in [-0.39, 0.29) is 5.60 Å². The minimum atomic E-state index is -0.254. The number of benzene rings is 2. The Kier molecular flexibility index (Phi) is 3.74. The van der Waals surface area contributed by atoms with Gasteiger partial charge in [-0.2, -0.15) is 0 Å². The summed E-state index contributed by atoms with van der Waals surface area (Å²) < 4.78 is 6.66. The summed E-state index contributed by atoms with van der Waals surface area (Å²) in [5.41, 5.74) is 5.51. The van der Waals surface area contributed by atoms with Gasteiger partial charge in [-0.05, 0) is 55.6 Å². The Morgan fingerprint density at radius 1 is 1.00 bits per heavy atom. The number of rotatable bonds is 4. The average molecular weight is 307 g/mol. The van der Waals surface area contributed by atoms with E-state index in [1.54, 1.807) is 0 Å². The lowest BCUT2D eigenvalue weighted by atomic mass is 9.71. The lowest BCUT2D eigenvalue weighted by Gasteiger charge is -2.41. The molecule has 0 spiro atoms. The van der Waals surface area contributed by atoms with E-state index in [0.717, 1.165) is 19.6 Å². The number of fused-ring (bicyclic) bond motifs is 2. The molecule has 3 aliphatic carbocycles. The van der Waals surface area contributed by atoms with Crippen LogP contribution in [0, 0.1) is 0 Å². The molecule has 0 aliphatic heterocycles. The van der Waals surface area contributed by atoms with Gasteiger partial charge in [0.2, 0.25) is 0 Å². The summed E-state index contributed by atoms with van der Waals surface area (Å²) in [5, 5.41) is 0. The van der Waals surface area contributed by atoms with Crippen LogP contribution in [0.1, 0.15) is 47.4 Å². The van der Waals surface area contributed by atoms with Gasteiger partial charge in [0, 0.05) is 12.5 Å². The van der Waals surface area contributed by atoms with E-state index in [4.69, 9.17) is 4.74 Å². The SMILES string of the molecule is CN(C)CCOC12CCCC(c3ccccc31)c1ccccc12. The topological polar surface area (TPSA) is 12.5 Å². The third-order valence-electron chi connectivity index (χ3n) is 5.45. The van der Waals surface area contributed by atoms with Crippen molar-refractivity contribution in [1.82, 2.24) is 4.90 Å². The molecule has 0 heterocycles. The molecule has 0 saturated heterocycles. The molecule has 2 aromatic rings. The first-order valence-corrected chi connectivity index (χ1v) is 8.70. The molecule has 2 aromatic carbocycles. The minimum Gasteiger partial charge on any atom is -0.364 e. The van der Waals surface area contributed by atoms with Crippen molar-refractivity contribution in [2.24, 2.45) is 0 Å². The van der Waals surface area contributed by atoms with Crippen LogP contribution in [0.2, 0.25) is 0 Å². The van der Waals surface area contributed by atoms with Gasteiger partial charge < -0.3 is 9.64 Å². The van der Waals surface area contributed by atoms with Crippen molar-refractivity contribution in [3.63, 3.8) is 0 Å². The highest BCUT2D eigenvalue weighted by Gasteiger charge is 2.46. The van der Waals surface area contributed by atoms with Crippen molar-refractivity contribution in [2.45, 2.75) is 30.8 Å². The fourth-order valence-corrected chi connectivity index (χ4v) is 4.42. The van der Waals surface area contributed by atoms with Crippen LogP contribution in [0.5, 0.6) is 0 Å². The van der Waals surface area contributed by atoms with Gasteiger partial charge in [-0.3, -0.25) is 0 Å². The van der Waals surface area contributed by atoms with Crippen LogP contribution < -0.4 is 0 Å². The molecule has 0 aromatic heterocycles. The highest BCUT2D eigenvalue weighted by molar-refractivity contribution is 5.55.